The highest BCUT2D eigenvalue weighted by molar-refractivity contribution is 7.92. The minimum Gasteiger partial charge on any atom is -0.484 e. The summed E-state index contributed by atoms with van der Waals surface area (Å²) in [7, 11) is -3.58. The summed E-state index contributed by atoms with van der Waals surface area (Å²) in [5.41, 5.74) is 6.37. The molecule has 1 aliphatic heterocycles. The molecule has 1 aliphatic rings. The lowest BCUT2D eigenvalue weighted by Crippen LogP contribution is -2.43. The van der Waals surface area contributed by atoms with Gasteiger partial charge >= 0.3 is 0 Å². The zero-order valence-corrected chi connectivity index (χ0v) is 18.6. The van der Waals surface area contributed by atoms with Crippen LogP contribution in [0.2, 0.25) is 0 Å². The average molecular weight is 464 g/mol. The lowest BCUT2D eigenvalue weighted by Gasteiger charge is -2.30. The molecule has 2 amide bonds. The van der Waals surface area contributed by atoms with Crippen LogP contribution in [-0.2, 0) is 26.2 Å². The van der Waals surface area contributed by atoms with Gasteiger partial charge in [0.05, 0.1) is 18.5 Å². The van der Waals surface area contributed by atoms with E-state index in [1.807, 2.05) is 0 Å². The van der Waals surface area contributed by atoms with E-state index < -0.39 is 15.8 Å². The number of ether oxygens (including phenoxy) is 1. The molecule has 172 valence electrons. The van der Waals surface area contributed by atoms with Crippen LogP contribution in [0.5, 0.6) is 5.75 Å². The van der Waals surface area contributed by atoms with Crippen LogP contribution in [0.25, 0.3) is 0 Å². The molecule has 3 rings (SSSR count). The largest absolute Gasteiger partial charge is 0.484 e. The number of halogens is 1. The number of hydrogen-bond acceptors (Lipinski definition) is 5. The SMILES string of the molecule is CS(=O)(=O)N(Cc1ccc(F)cc1)c1ccc(OCC(=O)N2CCC(C(N)=O)CC2)cc1. The molecule has 8 nitrogen and oxygen atoms in total. The third-order valence-electron chi connectivity index (χ3n) is 5.38. The smallest absolute Gasteiger partial charge is 0.260 e. The van der Waals surface area contributed by atoms with E-state index in [0.29, 0.717) is 42.9 Å². The number of piperidine rings is 1. The van der Waals surface area contributed by atoms with Crippen molar-refractivity contribution in [1.82, 2.24) is 4.90 Å². The predicted molar refractivity (Wildman–Crippen MR) is 118 cm³/mol. The lowest BCUT2D eigenvalue weighted by atomic mass is 9.96. The van der Waals surface area contributed by atoms with E-state index in [0.717, 1.165) is 6.26 Å². The number of carbonyl (C=O) groups excluding carboxylic acids is 2. The van der Waals surface area contributed by atoms with Gasteiger partial charge < -0.3 is 15.4 Å². The number of primary amides is 1. The normalized spacial score (nSPS) is 14.8. The maximum absolute atomic E-state index is 13.1. The van der Waals surface area contributed by atoms with E-state index in [1.165, 1.54) is 28.6 Å². The van der Waals surface area contributed by atoms with Crippen molar-refractivity contribution in [3.63, 3.8) is 0 Å². The van der Waals surface area contributed by atoms with Crippen molar-refractivity contribution in [3.05, 3.63) is 59.9 Å². The summed E-state index contributed by atoms with van der Waals surface area (Å²) < 4.78 is 44.5. The van der Waals surface area contributed by atoms with Crippen LogP contribution in [-0.4, -0.2) is 51.1 Å². The number of hydrogen-bond donors (Lipinski definition) is 1. The van der Waals surface area contributed by atoms with E-state index in [-0.39, 0.29) is 30.9 Å². The van der Waals surface area contributed by atoms with Gasteiger partial charge in [0.25, 0.3) is 5.91 Å². The molecular weight excluding hydrogens is 437 g/mol. The summed E-state index contributed by atoms with van der Waals surface area (Å²) >= 11 is 0. The summed E-state index contributed by atoms with van der Waals surface area (Å²) in [5, 5.41) is 0. The Kier molecular flexibility index (Phi) is 7.34. The summed E-state index contributed by atoms with van der Waals surface area (Å²) in [4.78, 5) is 25.2. The molecule has 0 saturated carbocycles. The van der Waals surface area contributed by atoms with E-state index in [4.69, 9.17) is 10.5 Å². The number of nitrogens with two attached hydrogens (primary N) is 1. The molecule has 2 aromatic rings. The molecule has 0 radical (unpaired) electrons. The second-order valence-electron chi connectivity index (χ2n) is 7.74. The summed E-state index contributed by atoms with van der Waals surface area (Å²) in [6.07, 6.45) is 2.19. The number of benzene rings is 2. The second-order valence-corrected chi connectivity index (χ2v) is 9.64. The van der Waals surface area contributed by atoms with E-state index in [2.05, 4.69) is 0 Å². The molecule has 0 aromatic heterocycles. The molecule has 2 aromatic carbocycles. The first-order chi connectivity index (χ1) is 15.1. The van der Waals surface area contributed by atoms with Crippen molar-refractivity contribution in [2.45, 2.75) is 19.4 Å². The number of nitrogens with zero attached hydrogens (tertiary/aromatic N) is 2. The zero-order valence-electron chi connectivity index (χ0n) is 17.7. The topological polar surface area (TPSA) is 110 Å². The highest BCUT2D eigenvalue weighted by Gasteiger charge is 2.26. The van der Waals surface area contributed by atoms with Crippen LogP contribution in [0.4, 0.5) is 10.1 Å². The van der Waals surface area contributed by atoms with Gasteiger partial charge in [0.2, 0.25) is 15.9 Å². The van der Waals surface area contributed by atoms with Gasteiger partial charge in [0.1, 0.15) is 11.6 Å². The first kappa shape index (κ1) is 23.5. The molecule has 0 aliphatic carbocycles. The standard InChI is InChI=1S/C22H26FN3O5S/c1-32(29,30)26(14-16-2-4-18(23)5-3-16)19-6-8-20(9-7-19)31-15-21(27)25-12-10-17(11-13-25)22(24)28/h2-9,17H,10-15H2,1H3,(H2,24,28). The summed E-state index contributed by atoms with van der Waals surface area (Å²) in [5.74, 6) is -0.695. The molecule has 0 bridgehead atoms. The molecule has 1 heterocycles. The molecule has 32 heavy (non-hydrogen) atoms. The summed E-state index contributed by atoms with van der Waals surface area (Å²) in [6, 6.07) is 12.0. The lowest BCUT2D eigenvalue weighted by molar-refractivity contribution is -0.136. The fraction of sp³-hybridized carbons (Fsp3) is 0.364. The molecule has 0 unspecified atom stereocenters. The van der Waals surface area contributed by atoms with Crippen LogP contribution in [0.1, 0.15) is 18.4 Å². The number of amides is 2. The van der Waals surface area contributed by atoms with Crippen molar-refractivity contribution in [1.29, 1.82) is 0 Å². The Morgan fingerprint density at radius 3 is 2.22 bits per heavy atom. The second kappa shape index (κ2) is 9.99. The maximum atomic E-state index is 13.1. The predicted octanol–water partition coefficient (Wildman–Crippen LogP) is 1.89. The number of likely N-dealkylation sites (tertiary alicyclic amines) is 1. The van der Waals surface area contributed by atoms with E-state index >= 15 is 0 Å². The van der Waals surface area contributed by atoms with E-state index in [9.17, 15) is 22.4 Å². The quantitative estimate of drug-likeness (QED) is 0.643. The minimum absolute atomic E-state index is 0.0546. The van der Waals surface area contributed by atoms with Crippen LogP contribution in [0.3, 0.4) is 0 Å². The third kappa shape index (κ3) is 6.19. The molecular formula is C22H26FN3O5S. The maximum Gasteiger partial charge on any atom is 0.260 e. The number of anilines is 1. The van der Waals surface area contributed by atoms with Crippen molar-refractivity contribution in [2.24, 2.45) is 11.7 Å². The summed E-state index contributed by atoms with van der Waals surface area (Å²) in [6.45, 7) is 0.813. The Balaban J connectivity index is 1.59. The molecule has 2 N–H and O–H groups in total. The van der Waals surface area contributed by atoms with Gasteiger partial charge in [-0.25, -0.2) is 12.8 Å². The van der Waals surface area contributed by atoms with Crippen molar-refractivity contribution in [3.8, 4) is 5.75 Å². The highest BCUT2D eigenvalue weighted by Crippen LogP contribution is 2.24. The Hall–Kier alpha value is -3.14. The Labute approximate surface area is 186 Å². The minimum atomic E-state index is -3.58. The van der Waals surface area contributed by atoms with Crippen molar-refractivity contribution < 1.29 is 27.1 Å². The molecule has 1 saturated heterocycles. The number of carbonyl (C=O) groups is 2. The van der Waals surface area contributed by atoms with Gasteiger partial charge in [0.15, 0.2) is 6.61 Å². The van der Waals surface area contributed by atoms with Crippen LogP contribution < -0.4 is 14.8 Å². The highest BCUT2D eigenvalue weighted by atomic mass is 32.2. The van der Waals surface area contributed by atoms with Crippen molar-refractivity contribution >= 4 is 27.5 Å². The van der Waals surface area contributed by atoms with Crippen LogP contribution in [0.15, 0.2) is 48.5 Å². The fourth-order valence-corrected chi connectivity index (χ4v) is 4.40. The third-order valence-corrected chi connectivity index (χ3v) is 6.52. The van der Waals surface area contributed by atoms with Crippen LogP contribution in [0, 0.1) is 11.7 Å². The number of sulfonamides is 1. The molecule has 10 heteroatoms. The Morgan fingerprint density at radius 1 is 1.09 bits per heavy atom. The molecule has 1 fully saturated rings. The Morgan fingerprint density at radius 2 is 1.69 bits per heavy atom. The average Bonchev–Trinajstić information content (AvgIpc) is 2.77. The zero-order chi connectivity index (χ0) is 23.3. The molecule has 0 atom stereocenters. The van der Waals surface area contributed by atoms with Gasteiger partial charge in [-0.3, -0.25) is 13.9 Å². The van der Waals surface area contributed by atoms with Gasteiger partial charge in [-0.2, -0.15) is 0 Å². The van der Waals surface area contributed by atoms with Gasteiger partial charge in [0, 0.05) is 19.0 Å². The van der Waals surface area contributed by atoms with Gasteiger partial charge in [-0.1, -0.05) is 12.1 Å². The molecule has 0 spiro atoms. The first-order valence-electron chi connectivity index (χ1n) is 10.2. The fourth-order valence-electron chi connectivity index (χ4n) is 3.51. The monoisotopic (exact) mass is 463 g/mol. The first-order valence-corrected chi connectivity index (χ1v) is 12.0. The van der Waals surface area contributed by atoms with Crippen molar-refractivity contribution in [2.75, 3.05) is 30.3 Å². The van der Waals surface area contributed by atoms with E-state index in [1.54, 1.807) is 29.2 Å². The van der Waals surface area contributed by atoms with Crippen LogP contribution >= 0.6 is 0 Å². The van der Waals surface area contributed by atoms with Gasteiger partial charge in [-0.15, -0.1) is 0 Å². The Bertz CT molecular complexity index is 1050. The van der Waals surface area contributed by atoms with Gasteiger partial charge in [-0.05, 0) is 54.8 Å². The number of rotatable bonds is 8.